The van der Waals surface area contributed by atoms with Crippen LogP contribution in [0.1, 0.15) is 31.4 Å². The summed E-state index contributed by atoms with van der Waals surface area (Å²) in [6, 6.07) is 9.01. The average Bonchev–Trinajstić information content (AvgIpc) is 2.50. The zero-order valence-electron chi connectivity index (χ0n) is 14.0. The van der Waals surface area contributed by atoms with Crippen LogP contribution in [-0.2, 0) is 11.2 Å². The topological polar surface area (TPSA) is 43.8 Å². The summed E-state index contributed by atoms with van der Waals surface area (Å²) in [7, 11) is 0. The van der Waals surface area contributed by atoms with Crippen molar-refractivity contribution in [3.63, 3.8) is 0 Å². The van der Waals surface area contributed by atoms with Gasteiger partial charge in [0.15, 0.2) is 0 Å². The van der Waals surface area contributed by atoms with Crippen molar-refractivity contribution in [1.29, 1.82) is 0 Å². The van der Waals surface area contributed by atoms with Crippen LogP contribution in [0.4, 0.5) is 0 Å². The number of hydrogen-bond donors (Lipinski definition) is 1. The van der Waals surface area contributed by atoms with Gasteiger partial charge in [-0.25, -0.2) is 0 Å². The van der Waals surface area contributed by atoms with Crippen LogP contribution in [0.15, 0.2) is 24.3 Å². The molecule has 4 nitrogen and oxygen atoms in total. The number of piperazine rings is 1. The fourth-order valence-corrected chi connectivity index (χ4v) is 3.28. The maximum Gasteiger partial charge on any atom is 0.223 e. The number of amides is 1. The lowest BCUT2D eigenvalue weighted by molar-refractivity contribution is -0.135. The molecule has 0 bridgehead atoms. The van der Waals surface area contributed by atoms with Gasteiger partial charge in [-0.15, -0.1) is 0 Å². The molecule has 2 atom stereocenters. The van der Waals surface area contributed by atoms with Crippen molar-refractivity contribution in [2.75, 3.05) is 26.2 Å². The Morgan fingerprint density at radius 1 is 1.18 bits per heavy atom. The minimum absolute atomic E-state index is 0.177. The molecule has 0 unspecified atom stereocenters. The van der Waals surface area contributed by atoms with E-state index in [-0.39, 0.29) is 12.5 Å². The van der Waals surface area contributed by atoms with Gasteiger partial charge in [0, 0.05) is 38.1 Å². The van der Waals surface area contributed by atoms with Gasteiger partial charge >= 0.3 is 0 Å². The van der Waals surface area contributed by atoms with Gasteiger partial charge in [0.1, 0.15) is 0 Å². The van der Waals surface area contributed by atoms with Crippen LogP contribution in [0.3, 0.4) is 0 Å². The molecule has 1 fully saturated rings. The van der Waals surface area contributed by atoms with E-state index in [1.165, 1.54) is 11.1 Å². The fourth-order valence-electron chi connectivity index (χ4n) is 3.28. The minimum Gasteiger partial charge on any atom is -0.395 e. The summed E-state index contributed by atoms with van der Waals surface area (Å²) >= 11 is 0. The highest BCUT2D eigenvalue weighted by Crippen LogP contribution is 2.17. The monoisotopic (exact) mass is 304 g/mol. The molecular weight excluding hydrogens is 276 g/mol. The highest BCUT2D eigenvalue weighted by Gasteiger charge is 2.30. The Kier molecular flexibility index (Phi) is 5.98. The molecule has 4 heteroatoms. The van der Waals surface area contributed by atoms with Crippen molar-refractivity contribution in [1.82, 2.24) is 9.80 Å². The molecule has 122 valence electrons. The Labute approximate surface area is 133 Å². The van der Waals surface area contributed by atoms with E-state index in [2.05, 4.69) is 49.9 Å². The molecule has 1 aromatic carbocycles. The molecule has 22 heavy (non-hydrogen) atoms. The van der Waals surface area contributed by atoms with E-state index < -0.39 is 0 Å². The average molecular weight is 304 g/mol. The summed E-state index contributed by atoms with van der Waals surface area (Å²) in [5.74, 6) is 0.239. The van der Waals surface area contributed by atoms with Crippen molar-refractivity contribution in [2.24, 2.45) is 0 Å². The molecule has 0 spiro atoms. The first-order chi connectivity index (χ1) is 10.5. The van der Waals surface area contributed by atoms with Gasteiger partial charge in [-0.05, 0) is 32.8 Å². The first kappa shape index (κ1) is 17.0. The van der Waals surface area contributed by atoms with E-state index >= 15 is 0 Å². The highest BCUT2D eigenvalue weighted by molar-refractivity contribution is 5.76. The second kappa shape index (κ2) is 7.75. The largest absolute Gasteiger partial charge is 0.395 e. The number of nitrogens with zero attached hydrogens (tertiary/aromatic N) is 2. The molecule has 0 aliphatic carbocycles. The van der Waals surface area contributed by atoms with Gasteiger partial charge in [-0.1, -0.05) is 29.8 Å². The molecular formula is C18H28N2O2. The summed E-state index contributed by atoms with van der Waals surface area (Å²) in [5.41, 5.74) is 2.47. The molecule has 1 saturated heterocycles. The number of aliphatic hydroxyl groups excluding tert-OH is 1. The molecule has 1 aliphatic heterocycles. The lowest BCUT2D eigenvalue weighted by Crippen LogP contribution is -2.58. The SMILES string of the molecule is Cc1ccc(CCC(=O)N2C[C@@H](C)N(CCO)[C@@H](C)C2)cc1. The number of carbonyl (C=O) groups is 1. The zero-order chi connectivity index (χ0) is 16.1. The van der Waals surface area contributed by atoms with Crippen LogP contribution >= 0.6 is 0 Å². The first-order valence-corrected chi connectivity index (χ1v) is 8.21. The van der Waals surface area contributed by atoms with Crippen LogP contribution < -0.4 is 0 Å². The van der Waals surface area contributed by atoms with Crippen LogP contribution in [0.2, 0.25) is 0 Å². The number of aliphatic hydroxyl groups is 1. The lowest BCUT2D eigenvalue weighted by Gasteiger charge is -2.44. The third-order valence-corrected chi connectivity index (χ3v) is 4.56. The third kappa shape index (κ3) is 4.31. The number of rotatable bonds is 5. The second-order valence-electron chi connectivity index (χ2n) is 6.44. The quantitative estimate of drug-likeness (QED) is 0.903. The summed E-state index contributed by atoms with van der Waals surface area (Å²) < 4.78 is 0. The van der Waals surface area contributed by atoms with E-state index in [1.807, 2.05) is 4.90 Å². The van der Waals surface area contributed by atoms with Crippen molar-refractivity contribution in [2.45, 2.75) is 45.7 Å². The molecule has 1 aliphatic rings. The molecule has 1 aromatic rings. The van der Waals surface area contributed by atoms with Gasteiger partial charge in [-0.2, -0.15) is 0 Å². The first-order valence-electron chi connectivity index (χ1n) is 8.21. The Balaban J connectivity index is 1.86. The van der Waals surface area contributed by atoms with Gasteiger partial charge in [0.05, 0.1) is 6.61 Å². The van der Waals surface area contributed by atoms with Gasteiger partial charge in [0.2, 0.25) is 5.91 Å². The molecule has 0 aromatic heterocycles. The zero-order valence-corrected chi connectivity index (χ0v) is 14.0. The smallest absolute Gasteiger partial charge is 0.223 e. The molecule has 2 rings (SSSR count). The Morgan fingerprint density at radius 3 is 2.32 bits per heavy atom. The van der Waals surface area contributed by atoms with E-state index in [1.54, 1.807) is 0 Å². The number of hydrogen-bond acceptors (Lipinski definition) is 3. The summed E-state index contributed by atoms with van der Waals surface area (Å²) in [6.45, 7) is 8.72. The highest BCUT2D eigenvalue weighted by atomic mass is 16.3. The van der Waals surface area contributed by atoms with Crippen LogP contribution in [0.5, 0.6) is 0 Å². The third-order valence-electron chi connectivity index (χ3n) is 4.56. The molecule has 1 amide bonds. The molecule has 0 saturated carbocycles. The van der Waals surface area contributed by atoms with E-state index in [0.29, 0.717) is 25.0 Å². The van der Waals surface area contributed by atoms with Gasteiger partial charge in [-0.3, -0.25) is 9.69 Å². The van der Waals surface area contributed by atoms with E-state index in [0.717, 1.165) is 19.5 Å². The van der Waals surface area contributed by atoms with Crippen molar-refractivity contribution in [3.05, 3.63) is 35.4 Å². The molecule has 1 N–H and O–H groups in total. The number of carbonyl (C=O) groups excluding carboxylic acids is 1. The van der Waals surface area contributed by atoms with E-state index in [4.69, 9.17) is 5.11 Å². The Morgan fingerprint density at radius 2 is 1.77 bits per heavy atom. The number of aryl methyl sites for hydroxylation is 2. The number of β-amino-alcohol motifs (C(OH)–C–C–N with tert-alkyl or cyclic N) is 1. The molecule has 0 radical (unpaired) electrons. The second-order valence-corrected chi connectivity index (χ2v) is 6.44. The normalized spacial score (nSPS) is 22.8. The summed E-state index contributed by atoms with van der Waals surface area (Å²) in [4.78, 5) is 16.7. The minimum atomic E-state index is 0.177. The van der Waals surface area contributed by atoms with Crippen molar-refractivity contribution in [3.8, 4) is 0 Å². The lowest BCUT2D eigenvalue weighted by atomic mass is 10.0. The molecule has 1 heterocycles. The number of benzene rings is 1. The van der Waals surface area contributed by atoms with Crippen LogP contribution in [-0.4, -0.2) is 59.1 Å². The van der Waals surface area contributed by atoms with Crippen molar-refractivity contribution < 1.29 is 9.90 Å². The predicted molar refractivity (Wildman–Crippen MR) is 88.8 cm³/mol. The summed E-state index contributed by atoms with van der Waals surface area (Å²) in [6.07, 6.45) is 1.38. The Hall–Kier alpha value is -1.39. The van der Waals surface area contributed by atoms with Gasteiger partial charge in [0.25, 0.3) is 0 Å². The van der Waals surface area contributed by atoms with Crippen LogP contribution in [0, 0.1) is 6.92 Å². The maximum atomic E-state index is 12.5. The van der Waals surface area contributed by atoms with Crippen LogP contribution in [0.25, 0.3) is 0 Å². The Bertz CT molecular complexity index is 474. The standard InChI is InChI=1S/C18H28N2O2/c1-14-4-6-17(7-5-14)8-9-18(22)19-12-15(2)20(10-11-21)16(3)13-19/h4-7,15-16,21H,8-13H2,1-3H3/t15-,16+. The van der Waals surface area contributed by atoms with E-state index in [9.17, 15) is 4.79 Å². The predicted octanol–water partition coefficient (Wildman–Crippen LogP) is 1.84. The van der Waals surface area contributed by atoms with Gasteiger partial charge < -0.3 is 10.0 Å². The fraction of sp³-hybridized carbons (Fsp3) is 0.611. The maximum absolute atomic E-state index is 12.5. The van der Waals surface area contributed by atoms with Crippen molar-refractivity contribution >= 4 is 5.91 Å². The summed E-state index contributed by atoms with van der Waals surface area (Å²) in [5, 5.41) is 9.14.